The molecule has 1 aliphatic heterocycles. The van der Waals surface area contributed by atoms with Crippen LogP contribution in [0.1, 0.15) is 20.7 Å². The minimum Gasteiger partial charge on any atom is -0.268 e. The smallest absolute Gasteiger partial charge is 0.268 e. The summed E-state index contributed by atoms with van der Waals surface area (Å²) >= 11 is 10.4. The molecule has 0 atom stereocenters. The Morgan fingerprint density at radius 3 is 1.85 bits per heavy atom. The van der Waals surface area contributed by atoms with E-state index in [0.29, 0.717) is 4.31 Å². The van der Waals surface area contributed by atoms with Gasteiger partial charge in [0.2, 0.25) is 3.00 Å². The summed E-state index contributed by atoms with van der Waals surface area (Å²) < 4.78 is 34.9. The molecule has 1 heterocycles. The number of fused-ring (bicyclic) bond motifs is 1. The second-order valence-corrected chi connectivity index (χ2v) is 8.47. The summed E-state index contributed by atoms with van der Waals surface area (Å²) in [6.07, 6.45) is 0. The largest absolute Gasteiger partial charge is 0.445 e. The van der Waals surface area contributed by atoms with E-state index in [1.54, 1.807) is 0 Å². The van der Waals surface area contributed by atoms with Gasteiger partial charge in [-0.25, -0.2) is 4.31 Å². The lowest BCUT2D eigenvalue weighted by molar-refractivity contribution is -0.0328. The van der Waals surface area contributed by atoms with Gasteiger partial charge in [0.1, 0.15) is 0 Å². The average molecular weight is 362 g/mol. The van der Waals surface area contributed by atoms with Crippen LogP contribution in [0.4, 0.5) is 13.2 Å². The first-order valence-corrected chi connectivity index (χ1v) is 7.27. The topological polar surface area (TPSA) is 37.4 Å². The summed E-state index contributed by atoms with van der Waals surface area (Å²) in [7, 11) is 0. The first-order chi connectivity index (χ1) is 9.11. The Morgan fingerprint density at radius 1 is 1.00 bits per heavy atom. The molecule has 2 rings (SSSR count). The van der Waals surface area contributed by atoms with Gasteiger partial charge in [-0.3, -0.25) is 9.59 Å². The fourth-order valence-electron chi connectivity index (χ4n) is 1.51. The second-order valence-electron chi connectivity index (χ2n) is 3.55. The molecule has 3 nitrogen and oxygen atoms in total. The molecular weight excluding hydrogens is 358 g/mol. The molecule has 0 unspecified atom stereocenters. The summed E-state index contributed by atoms with van der Waals surface area (Å²) in [4.78, 5) is 23.9. The van der Waals surface area contributed by atoms with Crippen molar-refractivity contribution in [3.05, 3.63) is 35.4 Å². The van der Waals surface area contributed by atoms with E-state index < -0.39 is 32.1 Å². The van der Waals surface area contributed by atoms with Gasteiger partial charge in [-0.05, 0) is 12.1 Å². The summed E-state index contributed by atoms with van der Waals surface area (Å²) in [6.45, 7) is 0. The molecule has 0 aromatic heterocycles. The monoisotopic (exact) mass is 361 g/mol. The van der Waals surface area contributed by atoms with Crippen molar-refractivity contribution >= 4 is 58.7 Å². The SMILES string of the molecule is O=C1c2ccccc2C(=O)N1SC(Cl)(Cl)SC(F)(F)F. The van der Waals surface area contributed by atoms with Gasteiger partial charge in [-0.1, -0.05) is 35.3 Å². The highest BCUT2D eigenvalue weighted by Gasteiger charge is 2.47. The van der Waals surface area contributed by atoms with Crippen molar-refractivity contribution < 1.29 is 22.8 Å². The molecular formula is C10H4Cl2F3NO2S2. The van der Waals surface area contributed by atoms with Crippen LogP contribution in [-0.4, -0.2) is 24.6 Å². The standard InChI is InChI=1S/C10H4Cl2F3NO2S2/c11-9(12,19-10(13,14)15)20-16-7(17)5-3-1-2-4-6(5)8(16)18/h1-4H. The van der Waals surface area contributed by atoms with Crippen molar-refractivity contribution in [2.75, 3.05) is 0 Å². The van der Waals surface area contributed by atoms with Crippen LogP contribution >= 0.6 is 46.9 Å². The maximum atomic E-state index is 12.3. The number of benzene rings is 1. The van der Waals surface area contributed by atoms with Gasteiger partial charge >= 0.3 is 5.51 Å². The quantitative estimate of drug-likeness (QED) is 0.348. The van der Waals surface area contributed by atoms with Crippen LogP contribution in [0, 0.1) is 0 Å². The number of halogens is 5. The Bertz CT molecular complexity index is 545. The van der Waals surface area contributed by atoms with E-state index in [4.69, 9.17) is 23.2 Å². The van der Waals surface area contributed by atoms with E-state index in [-0.39, 0.29) is 23.1 Å². The summed E-state index contributed by atoms with van der Waals surface area (Å²) in [5.41, 5.74) is -4.49. The minimum atomic E-state index is -4.70. The van der Waals surface area contributed by atoms with Gasteiger partial charge < -0.3 is 0 Å². The lowest BCUT2D eigenvalue weighted by atomic mass is 10.1. The lowest BCUT2D eigenvalue weighted by Gasteiger charge is -2.23. The van der Waals surface area contributed by atoms with Gasteiger partial charge in [0, 0.05) is 23.7 Å². The van der Waals surface area contributed by atoms with E-state index in [2.05, 4.69) is 0 Å². The predicted octanol–water partition coefficient (Wildman–Crippen LogP) is 4.27. The van der Waals surface area contributed by atoms with Crippen LogP contribution in [0.3, 0.4) is 0 Å². The third kappa shape index (κ3) is 3.36. The average Bonchev–Trinajstić information content (AvgIpc) is 2.52. The molecule has 1 aromatic carbocycles. The van der Waals surface area contributed by atoms with Crippen molar-refractivity contribution in [3.8, 4) is 0 Å². The van der Waals surface area contributed by atoms with Gasteiger partial charge in [-0.15, -0.1) is 0 Å². The molecule has 10 heteroatoms. The number of hydrogen-bond acceptors (Lipinski definition) is 4. The zero-order chi connectivity index (χ0) is 15.1. The normalized spacial score (nSPS) is 15.8. The maximum absolute atomic E-state index is 12.3. The van der Waals surface area contributed by atoms with Crippen LogP contribution in [0.15, 0.2) is 24.3 Å². The third-order valence-corrected chi connectivity index (χ3v) is 4.74. The van der Waals surface area contributed by atoms with Gasteiger partial charge in [0.15, 0.2) is 0 Å². The van der Waals surface area contributed by atoms with Crippen molar-refractivity contribution in [1.82, 2.24) is 4.31 Å². The van der Waals surface area contributed by atoms with E-state index in [9.17, 15) is 22.8 Å². The number of imide groups is 1. The highest BCUT2D eigenvalue weighted by Crippen LogP contribution is 2.54. The fourth-order valence-corrected chi connectivity index (χ4v) is 3.95. The molecule has 1 aliphatic rings. The van der Waals surface area contributed by atoms with Crippen molar-refractivity contribution in [1.29, 1.82) is 0 Å². The van der Waals surface area contributed by atoms with E-state index in [1.807, 2.05) is 0 Å². The molecule has 0 spiro atoms. The Hall–Kier alpha value is -0.570. The van der Waals surface area contributed by atoms with Crippen molar-refractivity contribution in [2.24, 2.45) is 0 Å². The minimum absolute atomic E-state index is 0.103. The number of hydrogen-bond donors (Lipinski definition) is 0. The van der Waals surface area contributed by atoms with Gasteiger partial charge in [0.05, 0.1) is 11.1 Å². The molecule has 0 fully saturated rings. The first kappa shape index (κ1) is 15.8. The van der Waals surface area contributed by atoms with E-state index in [0.717, 1.165) is 0 Å². The van der Waals surface area contributed by atoms with Crippen LogP contribution in [-0.2, 0) is 0 Å². The van der Waals surface area contributed by atoms with Crippen LogP contribution < -0.4 is 0 Å². The Labute approximate surface area is 129 Å². The molecule has 20 heavy (non-hydrogen) atoms. The molecule has 108 valence electrons. The van der Waals surface area contributed by atoms with Gasteiger partial charge in [-0.2, -0.15) is 13.2 Å². The fraction of sp³-hybridized carbons (Fsp3) is 0.200. The Morgan fingerprint density at radius 2 is 1.45 bits per heavy atom. The van der Waals surface area contributed by atoms with Gasteiger partial charge in [0.25, 0.3) is 11.8 Å². The number of alkyl halides is 5. The number of rotatable bonds is 3. The molecule has 0 radical (unpaired) electrons. The first-order valence-electron chi connectivity index (χ1n) is 4.92. The molecule has 2 amide bonds. The van der Waals surface area contributed by atoms with Crippen LogP contribution in [0.2, 0.25) is 0 Å². The molecule has 0 saturated heterocycles. The zero-order valence-electron chi connectivity index (χ0n) is 9.28. The molecule has 0 saturated carbocycles. The van der Waals surface area contributed by atoms with Crippen LogP contribution in [0.5, 0.6) is 0 Å². The molecule has 1 aromatic rings. The molecule has 0 bridgehead atoms. The maximum Gasteiger partial charge on any atom is 0.445 e. The Kier molecular flexibility index (Phi) is 4.21. The van der Waals surface area contributed by atoms with Crippen LogP contribution in [0.25, 0.3) is 0 Å². The highest BCUT2D eigenvalue weighted by atomic mass is 35.5. The number of amides is 2. The van der Waals surface area contributed by atoms with E-state index >= 15 is 0 Å². The number of nitrogens with zero attached hydrogens (tertiary/aromatic N) is 1. The lowest BCUT2D eigenvalue weighted by Crippen LogP contribution is -2.27. The number of carbonyl (C=O) groups is 2. The summed E-state index contributed by atoms with van der Waals surface area (Å²) in [5.74, 6) is -1.49. The second kappa shape index (κ2) is 5.32. The zero-order valence-corrected chi connectivity index (χ0v) is 12.4. The third-order valence-electron chi connectivity index (χ3n) is 2.19. The van der Waals surface area contributed by atoms with Crippen molar-refractivity contribution in [3.63, 3.8) is 0 Å². The predicted molar refractivity (Wildman–Crippen MR) is 72.6 cm³/mol. The number of thioether (sulfide) groups is 1. The molecule has 0 N–H and O–H groups in total. The molecule has 0 aliphatic carbocycles. The number of carbonyl (C=O) groups excluding carboxylic acids is 2. The summed E-state index contributed by atoms with van der Waals surface area (Å²) in [5, 5.41) is 0. The van der Waals surface area contributed by atoms with Crippen molar-refractivity contribution in [2.45, 2.75) is 8.51 Å². The highest BCUT2D eigenvalue weighted by molar-refractivity contribution is 8.21. The van der Waals surface area contributed by atoms with E-state index in [1.165, 1.54) is 24.3 Å². The Balaban J connectivity index is 2.21. The summed E-state index contributed by atoms with van der Waals surface area (Å²) in [6, 6.07) is 5.88.